The third-order valence-corrected chi connectivity index (χ3v) is 0. The maximum absolute atomic E-state index is 0. The third-order valence-electron chi connectivity index (χ3n) is 0. The van der Waals surface area contributed by atoms with Gasteiger partial charge in [0.2, 0.25) is 0 Å². The summed E-state index contributed by atoms with van der Waals surface area (Å²) in [6, 6.07) is 0. The van der Waals surface area contributed by atoms with Crippen molar-refractivity contribution in [1.29, 1.82) is 0 Å². The first-order chi connectivity index (χ1) is 0. The van der Waals surface area contributed by atoms with Gasteiger partial charge in [-0.3, -0.25) is 0 Å². The minimum absolute atomic E-state index is 0. The van der Waals surface area contributed by atoms with Gasteiger partial charge in [0, 0.05) is 0 Å². The summed E-state index contributed by atoms with van der Waals surface area (Å²) in [4.78, 5) is 0. The van der Waals surface area contributed by atoms with Crippen LogP contribution in [0.1, 0.15) is 0 Å². The smallest absolute Gasteiger partial charge is 2.00 e. The molecule has 5 nitrogen and oxygen atoms in total. The molecule has 8 heteroatoms. The van der Waals surface area contributed by atoms with Gasteiger partial charge in [0.15, 0.2) is 0 Å². The predicted molar refractivity (Wildman–Crippen MR) is 9.19 cm³/mol. The van der Waals surface area contributed by atoms with E-state index in [0.717, 1.165) is 0 Å². The molecule has 0 aromatic carbocycles. The van der Waals surface area contributed by atoms with Crippen molar-refractivity contribution >= 4 is 27.3 Å². The monoisotopic (exact) mass is 514 g/mol. The Bertz CT molecular complexity index is 12.4. The zero-order valence-electron chi connectivity index (χ0n) is 3.57. The Morgan fingerprint density at radius 2 is 0.500 bits per heavy atom. The van der Waals surface area contributed by atoms with Crippen LogP contribution in [0, 0.1) is 0 Å². The minimum Gasteiger partial charge on any atom is -2.00 e. The van der Waals surface area contributed by atoms with E-state index in [0.29, 0.717) is 0 Å². The largest absolute Gasteiger partial charge is 5.00 e. The molecule has 0 heterocycles. The van der Waals surface area contributed by atoms with Crippen LogP contribution in [-0.4, -0.2) is 27.3 Å². The maximum Gasteiger partial charge on any atom is 5.00 e. The molecular formula is O5PbScTa. The molecule has 0 rings (SSSR count). The second-order valence-electron chi connectivity index (χ2n) is 0. The SMILES string of the molecule is [O-2].[O-2].[O-2].[O-2].[O-2].[Pb+2].[Sc+3].[Ta+5]. The third kappa shape index (κ3) is 82.3. The van der Waals surface area contributed by atoms with Crippen LogP contribution in [0.4, 0.5) is 0 Å². The fourth-order valence-corrected chi connectivity index (χ4v) is 0. The van der Waals surface area contributed by atoms with Crippen LogP contribution >= 0.6 is 0 Å². The van der Waals surface area contributed by atoms with Crippen LogP contribution in [-0.2, 0) is 75.6 Å². The zero-order valence-corrected chi connectivity index (χ0v) is 12.5. The first-order valence-electron chi connectivity index (χ1n) is 0. The Labute approximate surface area is 102 Å². The number of rotatable bonds is 0. The molecule has 0 bridgehead atoms. The summed E-state index contributed by atoms with van der Waals surface area (Å²) >= 11 is 0. The van der Waals surface area contributed by atoms with Crippen LogP contribution in [0.5, 0.6) is 0 Å². The van der Waals surface area contributed by atoms with E-state index in [1.54, 1.807) is 0 Å². The summed E-state index contributed by atoms with van der Waals surface area (Å²) in [5.74, 6) is 0. The average molecular weight is 513 g/mol. The van der Waals surface area contributed by atoms with Crippen molar-refractivity contribution in [3.63, 3.8) is 0 Å². The van der Waals surface area contributed by atoms with Crippen molar-refractivity contribution in [1.82, 2.24) is 0 Å². The van der Waals surface area contributed by atoms with Crippen LogP contribution in [0.25, 0.3) is 0 Å². The van der Waals surface area contributed by atoms with E-state index in [2.05, 4.69) is 0 Å². The topological polar surface area (TPSA) is 142 Å². The Balaban J connectivity index is 0. The molecule has 0 aromatic heterocycles. The Kier molecular flexibility index (Phi) is 2460. The molecule has 0 aliphatic rings. The fourth-order valence-electron chi connectivity index (χ4n) is 0. The normalized spacial score (nSPS) is 0. The molecule has 8 heavy (non-hydrogen) atoms. The van der Waals surface area contributed by atoms with E-state index in [9.17, 15) is 0 Å². The van der Waals surface area contributed by atoms with Gasteiger partial charge in [-0.2, -0.15) is 0 Å². The van der Waals surface area contributed by atoms with E-state index in [-0.39, 0.29) is 103 Å². The van der Waals surface area contributed by atoms with Crippen LogP contribution < -0.4 is 0 Å². The van der Waals surface area contributed by atoms with Crippen molar-refractivity contribution in [2.75, 3.05) is 0 Å². The van der Waals surface area contributed by atoms with Crippen LogP contribution in [0.3, 0.4) is 0 Å². The van der Waals surface area contributed by atoms with Gasteiger partial charge in [0.1, 0.15) is 0 Å². The first-order valence-corrected chi connectivity index (χ1v) is 0. The number of hydrogen-bond acceptors (Lipinski definition) is 0. The van der Waals surface area contributed by atoms with Gasteiger partial charge in [0.25, 0.3) is 0 Å². The molecule has 0 aromatic rings. The van der Waals surface area contributed by atoms with E-state index in [4.69, 9.17) is 0 Å². The van der Waals surface area contributed by atoms with Gasteiger partial charge < -0.3 is 27.4 Å². The summed E-state index contributed by atoms with van der Waals surface area (Å²) in [6.45, 7) is 0. The molecule has 2 radical (unpaired) electrons. The van der Waals surface area contributed by atoms with Crippen molar-refractivity contribution in [3.05, 3.63) is 0 Å². The molecule has 0 fully saturated rings. The molecule has 0 saturated heterocycles. The van der Waals surface area contributed by atoms with E-state index >= 15 is 0 Å². The maximum atomic E-state index is 0. The molecule has 0 aliphatic carbocycles. The summed E-state index contributed by atoms with van der Waals surface area (Å²) in [5, 5.41) is 0. The zero-order chi connectivity index (χ0) is 0. The summed E-state index contributed by atoms with van der Waals surface area (Å²) in [7, 11) is 0. The molecule has 0 saturated carbocycles. The fraction of sp³-hybridized carbons (Fsp3) is 0. The first kappa shape index (κ1) is 165. The van der Waals surface area contributed by atoms with E-state index < -0.39 is 0 Å². The Hall–Kier alpha value is 2.33. The van der Waals surface area contributed by atoms with Gasteiger partial charge in [-0.05, 0) is 0 Å². The molecule has 0 atom stereocenters. The van der Waals surface area contributed by atoms with Gasteiger partial charge in [-0.15, -0.1) is 0 Å². The van der Waals surface area contributed by atoms with Gasteiger partial charge in [-0.1, -0.05) is 0 Å². The van der Waals surface area contributed by atoms with E-state index in [1.165, 1.54) is 0 Å². The molecule has 0 spiro atoms. The average Bonchev–Trinajstić information content (AvgIpc) is 0. The second kappa shape index (κ2) is 119. The molecule has 42 valence electrons. The van der Waals surface area contributed by atoms with Gasteiger partial charge in [0.05, 0.1) is 0 Å². The van der Waals surface area contributed by atoms with Crippen LogP contribution in [0.15, 0.2) is 0 Å². The molecular weight excluding hydrogens is 513 g/mol. The second-order valence-corrected chi connectivity index (χ2v) is 0. The summed E-state index contributed by atoms with van der Waals surface area (Å²) in [5.41, 5.74) is 0. The molecule has 0 N–H and O–H groups in total. The Morgan fingerprint density at radius 1 is 0.500 bits per heavy atom. The number of hydrogen-bond donors (Lipinski definition) is 0. The van der Waals surface area contributed by atoms with Crippen molar-refractivity contribution < 1.29 is 75.6 Å². The molecule has 0 amide bonds. The van der Waals surface area contributed by atoms with Crippen molar-refractivity contribution in [2.45, 2.75) is 0 Å². The minimum atomic E-state index is 0. The van der Waals surface area contributed by atoms with Crippen molar-refractivity contribution in [3.8, 4) is 0 Å². The van der Waals surface area contributed by atoms with Gasteiger partial charge >= 0.3 is 75.5 Å². The standard InChI is InChI=1S/5O.Pb.Sc.Ta/q5*-2;+2;+3;+5. The summed E-state index contributed by atoms with van der Waals surface area (Å²) < 4.78 is 0. The quantitative estimate of drug-likeness (QED) is 0.368. The van der Waals surface area contributed by atoms with E-state index in [1.807, 2.05) is 0 Å². The molecule has 0 unspecified atom stereocenters. The summed E-state index contributed by atoms with van der Waals surface area (Å²) in [6.07, 6.45) is 0. The molecule has 0 aliphatic heterocycles. The Morgan fingerprint density at radius 3 is 0.500 bits per heavy atom. The van der Waals surface area contributed by atoms with Crippen molar-refractivity contribution in [2.24, 2.45) is 0 Å². The van der Waals surface area contributed by atoms with Gasteiger partial charge in [-0.25, -0.2) is 0 Å². The predicted octanol–water partition coefficient (Wildman–Crippen LogP) is -0.980. The van der Waals surface area contributed by atoms with Crippen LogP contribution in [0.2, 0.25) is 0 Å².